The van der Waals surface area contributed by atoms with Crippen LogP contribution in [0.5, 0.6) is 0 Å². The minimum Gasteiger partial charge on any atom is -0.393 e. The Morgan fingerprint density at radius 1 is 1.38 bits per heavy atom. The lowest BCUT2D eigenvalue weighted by atomic mass is 9.95. The molecule has 0 radical (unpaired) electrons. The maximum atomic E-state index is 14.5. The van der Waals surface area contributed by atoms with Gasteiger partial charge in [-0.3, -0.25) is 8.98 Å². The number of carbonyl (C=O) groups excluding carboxylic acids is 1. The molecule has 0 bridgehead atoms. The van der Waals surface area contributed by atoms with Crippen molar-refractivity contribution >= 4 is 44.8 Å². The van der Waals surface area contributed by atoms with Crippen LogP contribution in [0.2, 0.25) is 5.15 Å². The molecule has 4 N–H and O–H groups in total. The quantitative estimate of drug-likeness (QED) is 0.253. The number of nitrogens with one attached hydrogen (secondary N) is 1. The molecule has 0 amide bonds. The van der Waals surface area contributed by atoms with Gasteiger partial charge in [-0.15, -0.1) is 11.3 Å². The third kappa shape index (κ3) is 6.00. The number of aryl methyl sites for hydroxylation is 1. The predicted octanol–water partition coefficient (Wildman–Crippen LogP) is 3.11. The van der Waals surface area contributed by atoms with Crippen LogP contribution in [-0.2, 0) is 25.1 Å². The first-order valence-electron chi connectivity index (χ1n) is 12.1. The molecule has 40 heavy (non-hydrogen) atoms. The highest BCUT2D eigenvalue weighted by atomic mass is 35.5. The number of hydrogen-bond acceptors (Lipinski definition) is 11. The van der Waals surface area contributed by atoms with E-state index in [1.54, 1.807) is 13.0 Å². The summed E-state index contributed by atoms with van der Waals surface area (Å²) in [7, 11) is -4.15. The van der Waals surface area contributed by atoms with Crippen molar-refractivity contribution in [1.29, 1.82) is 0 Å². The van der Waals surface area contributed by atoms with E-state index in [1.807, 2.05) is 0 Å². The van der Waals surface area contributed by atoms with Gasteiger partial charge in [0, 0.05) is 34.2 Å². The lowest BCUT2D eigenvalue weighted by Gasteiger charge is -2.30. The number of halogens is 3. The van der Waals surface area contributed by atoms with Gasteiger partial charge in [0.2, 0.25) is 5.78 Å². The van der Waals surface area contributed by atoms with Gasteiger partial charge < -0.3 is 15.2 Å². The monoisotopic (exact) mass is 615 g/mol. The summed E-state index contributed by atoms with van der Waals surface area (Å²) >= 11 is 7.17. The molecule has 16 heteroatoms. The van der Waals surface area contributed by atoms with Crippen LogP contribution in [0.3, 0.4) is 0 Å². The SMILES string of the molecule is Cc1sc(C(=O)c2cncnc2N[C@@H]2C[C@H](COS(N)(=O)=O)[C@@H](O)C2)cc1[C@H]1OCC(F)(F)c2ccc(Cl)nc21. The first-order valence-corrected chi connectivity index (χ1v) is 14.7. The number of aliphatic hydroxyl groups is 1. The zero-order chi connectivity index (χ0) is 28.8. The standard InChI is InChI=1S/C24H24ClF2N5O6S2/c1-11-14(22-20-16(2-3-19(25)32-20)24(26,27)9-37-22)6-18(39-11)21(34)15-7-29-10-30-23(15)31-13-4-12(17(33)5-13)8-38-40(28,35)36/h2-3,6-7,10,12-13,17,22,33H,4-5,8-9H2,1H3,(H2,28,35,36)(H,29,30,31)/t12-,13-,17+,22-/m1/s1. The number of aromatic nitrogens is 3. The van der Waals surface area contributed by atoms with E-state index >= 15 is 0 Å². The molecule has 4 atom stereocenters. The van der Waals surface area contributed by atoms with E-state index in [-0.39, 0.29) is 46.9 Å². The van der Waals surface area contributed by atoms with Crippen LogP contribution in [0.15, 0.2) is 30.7 Å². The Bertz CT molecular complexity index is 1560. The van der Waals surface area contributed by atoms with Gasteiger partial charge in [0.25, 0.3) is 5.92 Å². The van der Waals surface area contributed by atoms with Crippen molar-refractivity contribution in [3.63, 3.8) is 0 Å². The summed E-state index contributed by atoms with van der Waals surface area (Å²) < 4.78 is 61.3. The van der Waals surface area contributed by atoms with Crippen molar-refractivity contribution in [2.45, 2.75) is 43.9 Å². The fourth-order valence-electron chi connectivity index (χ4n) is 4.93. The Balaban J connectivity index is 1.37. The number of alkyl halides is 2. The van der Waals surface area contributed by atoms with Crippen LogP contribution in [0.4, 0.5) is 14.6 Å². The molecule has 3 aromatic rings. The molecule has 0 unspecified atom stereocenters. The van der Waals surface area contributed by atoms with Gasteiger partial charge in [-0.2, -0.15) is 17.2 Å². The first-order chi connectivity index (χ1) is 18.8. The van der Waals surface area contributed by atoms with E-state index in [9.17, 15) is 27.1 Å². The van der Waals surface area contributed by atoms with Crippen molar-refractivity contribution in [2.75, 3.05) is 18.5 Å². The lowest BCUT2D eigenvalue weighted by Crippen LogP contribution is -2.31. The fraction of sp³-hybridized carbons (Fsp3) is 0.417. The molecule has 1 fully saturated rings. The second-order valence-corrected chi connectivity index (χ2v) is 12.5. The number of nitrogens with two attached hydrogens (primary N) is 1. The summed E-state index contributed by atoms with van der Waals surface area (Å²) in [6, 6.07) is 3.78. The van der Waals surface area contributed by atoms with Crippen LogP contribution in [0.1, 0.15) is 55.9 Å². The molecule has 1 saturated carbocycles. The van der Waals surface area contributed by atoms with E-state index in [0.29, 0.717) is 21.7 Å². The molecule has 0 spiro atoms. The van der Waals surface area contributed by atoms with Gasteiger partial charge in [0.05, 0.1) is 28.8 Å². The fourth-order valence-corrected chi connectivity index (χ4v) is 6.45. The molecule has 0 saturated heterocycles. The first kappa shape index (κ1) is 28.9. The third-order valence-corrected chi connectivity index (χ3v) is 8.57. The van der Waals surface area contributed by atoms with Gasteiger partial charge in [-0.05, 0) is 38.0 Å². The van der Waals surface area contributed by atoms with Gasteiger partial charge in [-0.25, -0.2) is 20.1 Å². The van der Waals surface area contributed by atoms with Gasteiger partial charge >= 0.3 is 10.3 Å². The van der Waals surface area contributed by atoms with E-state index in [1.165, 1.54) is 24.7 Å². The summed E-state index contributed by atoms with van der Waals surface area (Å²) in [6.07, 6.45) is 1.43. The molecular weight excluding hydrogens is 592 g/mol. The Morgan fingerprint density at radius 2 is 2.15 bits per heavy atom. The summed E-state index contributed by atoms with van der Waals surface area (Å²) in [5, 5.41) is 18.4. The Labute approximate surface area is 237 Å². The topological polar surface area (TPSA) is 167 Å². The van der Waals surface area contributed by atoms with Crippen LogP contribution < -0.4 is 10.5 Å². The minimum absolute atomic E-state index is 0.00481. The molecule has 3 aromatic heterocycles. The maximum absolute atomic E-state index is 14.5. The number of aliphatic hydroxyl groups excluding tert-OH is 1. The minimum atomic E-state index is -4.15. The molecule has 11 nitrogen and oxygen atoms in total. The largest absolute Gasteiger partial charge is 0.393 e. The number of anilines is 1. The molecule has 5 rings (SSSR count). The molecule has 4 heterocycles. The summed E-state index contributed by atoms with van der Waals surface area (Å²) in [4.78, 5) is 26.8. The van der Waals surface area contributed by atoms with Crippen LogP contribution in [-0.4, -0.2) is 59.6 Å². The Kier molecular flexibility index (Phi) is 7.91. The molecule has 1 aliphatic carbocycles. The Hall–Kier alpha value is -2.66. The second-order valence-electron chi connectivity index (χ2n) is 9.62. The number of pyridine rings is 1. The van der Waals surface area contributed by atoms with E-state index in [0.717, 1.165) is 11.3 Å². The highest BCUT2D eigenvalue weighted by molar-refractivity contribution is 7.84. The number of hydrogen-bond donors (Lipinski definition) is 3. The van der Waals surface area contributed by atoms with Crippen molar-refractivity contribution in [1.82, 2.24) is 15.0 Å². The summed E-state index contributed by atoms with van der Waals surface area (Å²) in [5.41, 5.74) is 0.394. The number of rotatable bonds is 8. The zero-order valence-corrected chi connectivity index (χ0v) is 23.3. The van der Waals surface area contributed by atoms with Crippen molar-refractivity contribution in [3.8, 4) is 0 Å². The van der Waals surface area contributed by atoms with E-state index < -0.39 is 46.7 Å². The van der Waals surface area contributed by atoms with Crippen LogP contribution in [0, 0.1) is 12.8 Å². The lowest BCUT2D eigenvalue weighted by molar-refractivity contribution is -0.117. The number of ketones is 1. The normalized spacial score (nSPS) is 24.1. The summed E-state index contributed by atoms with van der Waals surface area (Å²) in [5.74, 6) is -3.90. The van der Waals surface area contributed by atoms with E-state index in [2.05, 4.69) is 24.5 Å². The summed E-state index contributed by atoms with van der Waals surface area (Å²) in [6.45, 7) is 0.633. The van der Waals surface area contributed by atoms with Crippen molar-refractivity contribution in [2.24, 2.45) is 11.1 Å². The molecule has 214 valence electrons. The number of ether oxygens (including phenoxy) is 1. The average molecular weight is 616 g/mol. The predicted molar refractivity (Wildman–Crippen MR) is 141 cm³/mol. The second kappa shape index (κ2) is 11.0. The number of thiophene rings is 1. The van der Waals surface area contributed by atoms with Gasteiger partial charge in [-0.1, -0.05) is 11.6 Å². The average Bonchev–Trinajstić information content (AvgIpc) is 3.43. The Morgan fingerprint density at radius 3 is 2.90 bits per heavy atom. The molecule has 1 aliphatic heterocycles. The van der Waals surface area contributed by atoms with Crippen molar-refractivity contribution in [3.05, 3.63) is 68.0 Å². The smallest absolute Gasteiger partial charge is 0.333 e. The molecule has 2 aliphatic rings. The van der Waals surface area contributed by atoms with Gasteiger partial charge in [0.1, 0.15) is 30.0 Å². The van der Waals surface area contributed by atoms with Crippen LogP contribution >= 0.6 is 22.9 Å². The van der Waals surface area contributed by atoms with Gasteiger partial charge in [0.15, 0.2) is 0 Å². The number of fused-ring (bicyclic) bond motifs is 1. The van der Waals surface area contributed by atoms with Crippen molar-refractivity contribution < 1.29 is 36.0 Å². The molecule has 0 aromatic carbocycles. The highest BCUT2D eigenvalue weighted by Crippen LogP contribution is 2.44. The highest BCUT2D eigenvalue weighted by Gasteiger charge is 2.44. The number of nitrogens with zero attached hydrogens (tertiary/aromatic N) is 3. The van der Waals surface area contributed by atoms with E-state index in [4.69, 9.17) is 21.5 Å². The third-order valence-electron chi connectivity index (χ3n) is 6.83. The molecular formula is C24H24ClF2N5O6S2. The maximum Gasteiger partial charge on any atom is 0.333 e. The zero-order valence-electron chi connectivity index (χ0n) is 20.9. The van der Waals surface area contributed by atoms with Crippen LogP contribution in [0.25, 0.3) is 0 Å². The number of carbonyl (C=O) groups is 1.